The van der Waals surface area contributed by atoms with Crippen molar-refractivity contribution in [2.24, 2.45) is 7.05 Å². The van der Waals surface area contributed by atoms with E-state index in [0.29, 0.717) is 5.75 Å². The topological polar surface area (TPSA) is 64.0 Å². The Bertz CT molecular complexity index is 481. The normalized spacial score (nSPS) is 25.6. The molecule has 0 bridgehead atoms. The fraction of sp³-hybridized carbons (Fsp3) is 0.727. The zero-order chi connectivity index (χ0) is 12.5. The van der Waals surface area contributed by atoms with Crippen molar-refractivity contribution >= 4 is 9.84 Å². The number of aromatic nitrogens is 2. The van der Waals surface area contributed by atoms with Crippen molar-refractivity contribution < 1.29 is 8.42 Å². The van der Waals surface area contributed by atoms with Crippen LogP contribution in [0.1, 0.15) is 31.1 Å². The molecule has 0 amide bonds. The second-order valence-electron chi connectivity index (χ2n) is 4.56. The lowest BCUT2D eigenvalue weighted by atomic mass is 10.1. The van der Waals surface area contributed by atoms with Crippen LogP contribution < -0.4 is 5.32 Å². The number of hydrogen-bond donors (Lipinski definition) is 1. The highest BCUT2D eigenvalue weighted by molar-refractivity contribution is 7.92. The van der Waals surface area contributed by atoms with Crippen LogP contribution in [-0.2, 0) is 16.9 Å². The number of nitrogens with zero attached hydrogens (tertiary/aromatic N) is 2. The van der Waals surface area contributed by atoms with Crippen LogP contribution in [0.25, 0.3) is 0 Å². The molecule has 0 saturated carbocycles. The van der Waals surface area contributed by atoms with Crippen molar-refractivity contribution in [2.45, 2.75) is 30.6 Å². The molecule has 2 unspecified atom stereocenters. The average Bonchev–Trinajstić information content (AvgIpc) is 2.68. The second kappa shape index (κ2) is 4.78. The van der Waals surface area contributed by atoms with Crippen LogP contribution in [-0.4, -0.2) is 36.0 Å². The van der Waals surface area contributed by atoms with E-state index in [-0.39, 0.29) is 11.3 Å². The molecule has 1 aliphatic heterocycles. The summed E-state index contributed by atoms with van der Waals surface area (Å²) in [4.78, 5) is 4.26. The van der Waals surface area contributed by atoms with Crippen LogP contribution in [0.15, 0.2) is 12.4 Å². The first-order chi connectivity index (χ1) is 8.06. The summed E-state index contributed by atoms with van der Waals surface area (Å²) >= 11 is 0. The van der Waals surface area contributed by atoms with Crippen LogP contribution in [0.2, 0.25) is 0 Å². The Morgan fingerprint density at radius 3 is 2.82 bits per heavy atom. The van der Waals surface area contributed by atoms with E-state index in [0.717, 1.165) is 25.1 Å². The first kappa shape index (κ1) is 12.6. The Hall–Kier alpha value is -0.880. The first-order valence-corrected chi connectivity index (χ1v) is 7.64. The molecule has 2 atom stereocenters. The van der Waals surface area contributed by atoms with Gasteiger partial charge >= 0.3 is 0 Å². The highest BCUT2D eigenvalue weighted by Gasteiger charge is 2.37. The summed E-state index contributed by atoms with van der Waals surface area (Å²) in [5.74, 6) is 1.10. The van der Waals surface area contributed by atoms with E-state index in [9.17, 15) is 8.42 Å². The SMILES string of the molecule is CNC(c1nccn1C)C1CCCCS1(=O)=O. The Kier molecular flexibility index (Phi) is 3.53. The minimum atomic E-state index is -2.99. The lowest BCUT2D eigenvalue weighted by Crippen LogP contribution is -2.40. The van der Waals surface area contributed by atoms with Crippen molar-refractivity contribution in [3.8, 4) is 0 Å². The summed E-state index contributed by atoms with van der Waals surface area (Å²) in [6, 6.07) is -0.208. The predicted octanol–water partition coefficient (Wildman–Crippen LogP) is 0.648. The first-order valence-electron chi connectivity index (χ1n) is 5.92. The van der Waals surface area contributed by atoms with E-state index < -0.39 is 9.84 Å². The van der Waals surface area contributed by atoms with Crippen molar-refractivity contribution in [3.05, 3.63) is 18.2 Å². The molecule has 1 aromatic rings. The molecule has 0 aliphatic carbocycles. The van der Waals surface area contributed by atoms with Gasteiger partial charge in [0.05, 0.1) is 17.0 Å². The fourth-order valence-corrected chi connectivity index (χ4v) is 4.62. The number of rotatable bonds is 3. The molecule has 2 heterocycles. The Labute approximate surface area is 102 Å². The van der Waals surface area contributed by atoms with E-state index in [4.69, 9.17) is 0 Å². The molecule has 2 rings (SSSR count). The van der Waals surface area contributed by atoms with E-state index >= 15 is 0 Å². The summed E-state index contributed by atoms with van der Waals surface area (Å²) in [6.07, 6.45) is 6.03. The largest absolute Gasteiger partial charge is 0.337 e. The number of sulfone groups is 1. The van der Waals surface area contributed by atoms with Crippen LogP contribution in [0.3, 0.4) is 0 Å². The predicted molar refractivity (Wildman–Crippen MR) is 66.4 cm³/mol. The fourth-order valence-electron chi connectivity index (χ4n) is 2.51. The molecule has 96 valence electrons. The van der Waals surface area contributed by atoms with Crippen LogP contribution in [0.4, 0.5) is 0 Å². The smallest absolute Gasteiger partial charge is 0.155 e. The van der Waals surface area contributed by atoms with E-state index in [2.05, 4.69) is 10.3 Å². The van der Waals surface area contributed by atoms with Gasteiger partial charge in [0.1, 0.15) is 5.82 Å². The van der Waals surface area contributed by atoms with Crippen molar-refractivity contribution in [1.82, 2.24) is 14.9 Å². The molecular weight excluding hydrogens is 238 g/mol. The van der Waals surface area contributed by atoms with Gasteiger partial charge in [-0.1, -0.05) is 6.42 Å². The molecule has 1 N–H and O–H groups in total. The second-order valence-corrected chi connectivity index (χ2v) is 6.90. The van der Waals surface area contributed by atoms with E-state index in [1.165, 1.54) is 0 Å². The zero-order valence-electron chi connectivity index (χ0n) is 10.3. The van der Waals surface area contributed by atoms with Crippen LogP contribution in [0.5, 0.6) is 0 Å². The quantitative estimate of drug-likeness (QED) is 0.863. The third kappa shape index (κ3) is 2.37. The van der Waals surface area contributed by atoms with Crippen molar-refractivity contribution in [3.63, 3.8) is 0 Å². The van der Waals surface area contributed by atoms with E-state index in [1.54, 1.807) is 13.2 Å². The van der Waals surface area contributed by atoms with Crippen LogP contribution in [0, 0.1) is 0 Å². The third-order valence-electron chi connectivity index (χ3n) is 3.45. The van der Waals surface area contributed by atoms with Gasteiger partial charge in [0.25, 0.3) is 0 Å². The summed E-state index contributed by atoms with van der Waals surface area (Å²) in [5.41, 5.74) is 0. The van der Waals surface area contributed by atoms with Gasteiger partial charge in [0.2, 0.25) is 0 Å². The maximum atomic E-state index is 12.1. The Morgan fingerprint density at radius 1 is 1.53 bits per heavy atom. The molecule has 1 saturated heterocycles. The van der Waals surface area contributed by atoms with Crippen molar-refractivity contribution in [1.29, 1.82) is 0 Å². The van der Waals surface area contributed by atoms with Gasteiger partial charge in [0.15, 0.2) is 9.84 Å². The number of nitrogens with one attached hydrogen (secondary N) is 1. The lowest BCUT2D eigenvalue weighted by molar-refractivity contribution is 0.448. The third-order valence-corrected chi connectivity index (χ3v) is 5.74. The standard InChI is InChI=1S/C11H19N3O2S/c1-12-10(11-13-6-7-14(11)2)9-5-3-4-8-17(9,15)16/h6-7,9-10,12H,3-5,8H2,1-2H3. The molecular formula is C11H19N3O2S. The molecule has 1 aromatic heterocycles. The molecule has 1 fully saturated rings. The summed E-state index contributed by atoms with van der Waals surface area (Å²) < 4.78 is 26.1. The van der Waals surface area contributed by atoms with Crippen LogP contribution >= 0.6 is 0 Å². The van der Waals surface area contributed by atoms with Gasteiger partial charge in [-0.25, -0.2) is 13.4 Å². The van der Waals surface area contributed by atoms with Gasteiger partial charge in [-0.15, -0.1) is 0 Å². The number of imidazole rings is 1. The van der Waals surface area contributed by atoms with Gasteiger partial charge in [-0.05, 0) is 19.9 Å². The maximum absolute atomic E-state index is 12.1. The lowest BCUT2D eigenvalue weighted by Gasteiger charge is -2.29. The molecule has 17 heavy (non-hydrogen) atoms. The average molecular weight is 257 g/mol. The molecule has 1 aliphatic rings. The molecule has 0 spiro atoms. The summed E-state index contributed by atoms with van der Waals surface area (Å²) in [5, 5.41) is 2.76. The maximum Gasteiger partial charge on any atom is 0.155 e. The van der Waals surface area contributed by atoms with Gasteiger partial charge in [0, 0.05) is 19.4 Å². The molecule has 6 heteroatoms. The van der Waals surface area contributed by atoms with Gasteiger partial charge in [-0.2, -0.15) is 0 Å². The number of hydrogen-bond acceptors (Lipinski definition) is 4. The van der Waals surface area contributed by atoms with Gasteiger partial charge < -0.3 is 9.88 Å². The van der Waals surface area contributed by atoms with E-state index in [1.807, 2.05) is 17.8 Å². The molecule has 5 nitrogen and oxygen atoms in total. The Balaban J connectivity index is 2.33. The van der Waals surface area contributed by atoms with Crippen molar-refractivity contribution in [2.75, 3.05) is 12.8 Å². The summed E-state index contributed by atoms with van der Waals surface area (Å²) in [7, 11) is 0.693. The highest BCUT2D eigenvalue weighted by Crippen LogP contribution is 2.29. The number of aryl methyl sites for hydroxylation is 1. The molecule has 0 aromatic carbocycles. The monoisotopic (exact) mass is 257 g/mol. The minimum absolute atomic E-state index is 0.208. The minimum Gasteiger partial charge on any atom is -0.337 e. The summed E-state index contributed by atoms with van der Waals surface area (Å²) in [6.45, 7) is 0. The zero-order valence-corrected chi connectivity index (χ0v) is 11.1. The van der Waals surface area contributed by atoms with Gasteiger partial charge in [-0.3, -0.25) is 0 Å². The molecule has 0 radical (unpaired) electrons. The highest BCUT2D eigenvalue weighted by atomic mass is 32.2. The Morgan fingerprint density at radius 2 is 2.29 bits per heavy atom.